The Morgan fingerprint density at radius 3 is 2.86 bits per heavy atom. The highest BCUT2D eigenvalue weighted by molar-refractivity contribution is 6.04. The van der Waals surface area contributed by atoms with Gasteiger partial charge < -0.3 is 14.3 Å². The zero-order valence-corrected chi connectivity index (χ0v) is 11.4. The van der Waals surface area contributed by atoms with Crippen LogP contribution in [0.25, 0.3) is 22.4 Å². The molecule has 0 aliphatic carbocycles. The van der Waals surface area contributed by atoms with E-state index < -0.39 is 5.97 Å². The third-order valence-electron chi connectivity index (χ3n) is 3.10. The minimum atomic E-state index is -1.01. The van der Waals surface area contributed by atoms with E-state index >= 15 is 0 Å². The van der Waals surface area contributed by atoms with Crippen LogP contribution in [0.2, 0.25) is 0 Å². The molecule has 0 bridgehead atoms. The molecule has 0 aliphatic rings. The number of aromatic nitrogens is 1. The third-order valence-corrected chi connectivity index (χ3v) is 3.10. The van der Waals surface area contributed by atoms with Gasteiger partial charge in [0.05, 0.1) is 24.0 Å². The lowest BCUT2D eigenvalue weighted by molar-refractivity contribution is 0.0699. The van der Waals surface area contributed by atoms with Gasteiger partial charge in [0.1, 0.15) is 11.4 Å². The van der Waals surface area contributed by atoms with Gasteiger partial charge in [0, 0.05) is 5.39 Å². The summed E-state index contributed by atoms with van der Waals surface area (Å²) in [7, 11) is 0. The monoisotopic (exact) mass is 283 g/mol. The molecule has 0 spiro atoms. The van der Waals surface area contributed by atoms with E-state index in [0.29, 0.717) is 34.7 Å². The Balaban J connectivity index is 2.23. The standard InChI is InChI=1S/C16H13NO4/c1-2-20-10-5-6-13-11(8-10)12(16(18)19)9-14(17-13)15-4-3-7-21-15/h3-9H,2H2,1H3,(H,18,19). The second-order valence-corrected chi connectivity index (χ2v) is 4.45. The summed E-state index contributed by atoms with van der Waals surface area (Å²) >= 11 is 0. The summed E-state index contributed by atoms with van der Waals surface area (Å²) in [6, 6.07) is 10.2. The second kappa shape index (κ2) is 5.28. The van der Waals surface area contributed by atoms with Crippen molar-refractivity contribution in [3.63, 3.8) is 0 Å². The first-order valence-electron chi connectivity index (χ1n) is 6.54. The fourth-order valence-corrected chi connectivity index (χ4v) is 2.19. The highest BCUT2D eigenvalue weighted by Gasteiger charge is 2.14. The molecule has 1 aromatic carbocycles. The van der Waals surface area contributed by atoms with Gasteiger partial charge in [0.15, 0.2) is 5.76 Å². The number of fused-ring (bicyclic) bond motifs is 1. The molecular weight excluding hydrogens is 270 g/mol. The van der Waals surface area contributed by atoms with E-state index in [1.54, 1.807) is 30.3 Å². The molecule has 0 aliphatic heterocycles. The number of ether oxygens (including phenoxy) is 1. The fraction of sp³-hybridized carbons (Fsp3) is 0.125. The SMILES string of the molecule is CCOc1ccc2nc(-c3ccco3)cc(C(=O)O)c2c1. The Kier molecular flexibility index (Phi) is 3.31. The number of pyridine rings is 1. The van der Waals surface area contributed by atoms with Gasteiger partial charge in [0.2, 0.25) is 0 Å². The third kappa shape index (κ3) is 2.45. The summed E-state index contributed by atoms with van der Waals surface area (Å²) in [5.74, 6) is 0.150. The molecule has 3 rings (SSSR count). The molecule has 5 nitrogen and oxygen atoms in total. The Hall–Kier alpha value is -2.82. The average molecular weight is 283 g/mol. The minimum absolute atomic E-state index is 0.174. The van der Waals surface area contributed by atoms with E-state index in [1.165, 1.54) is 12.3 Å². The molecule has 3 aromatic rings. The number of hydrogen-bond acceptors (Lipinski definition) is 4. The van der Waals surface area contributed by atoms with Gasteiger partial charge in [-0.2, -0.15) is 0 Å². The molecule has 0 fully saturated rings. The Morgan fingerprint density at radius 1 is 1.33 bits per heavy atom. The van der Waals surface area contributed by atoms with Crippen molar-refractivity contribution in [1.29, 1.82) is 0 Å². The van der Waals surface area contributed by atoms with E-state index in [4.69, 9.17) is 9.15 Å². The van der Waals surface area contributed by atoms with Crippen LogP contribution >= 0.6 is 0 Å². The molecule has 0 amide bonds. The quantitative estimate of drug-likeness (QED) is 0.792. The topological polar surface area (TPSA) is 72.6 Å². The van der Waals surface area contributed by atoms with Crippen LogP contribution in [0.3, 0.4) is 0 Å². The van der Waals surface area contributed by atoms with E-state index in [9.17, 15) is 9.90 Å². The van der Waals surface area contributed by atoms with Crippen LogP contribution in [-0.4, -0.2) is 22.7 Å². The first-order valence-corrected chi connectivity index (χ1v) is 6.54. The van der Waals surface area contributed by atoms with Crippen molar-refractivity contribution in [3.05, 3.63) is 48.2 Å². The molecule has 0 unspecified atom stereocenters. The summed E-state index contributed by atoms with van der Waals surface area (Å²) in [5.41, 5.74) is 1.26. The van der Waals surface area contributed by atoms with Gasteiger partial charge in [0.25, 0.3) is 0 Å². The molecule has 5 heteroatoms. The molecule has 0 saturated carbocycles. The van der Waals surface area contributed by atoms with E-state index in [1.807, 2.05) is 6.92 Å². The van der Waals surface area contributed by atoms with Crippen LogP contribution in [0.1, 0.15) is 17.3 Å². The van der Waals surface area contributed by atoms with Gasteiger partial charge >= 0.3 is 5.97 Å². The highest BCUT2D eigenvalue weighted by atomic mass is 16.5. The van der Waals surface area contributed by atoms with Crippen molar-refractivity contribution in [1.82, 2.24) is 4.98 Å². The predicted octanol–water partition coefficient (Wildman–Crippen LogP) is 3.59. The second-order valence-electron chi connectivity index (χ2n) is 4.45. The molecule has 0 radical (unpaired) electrons. The molecule has 21 heavy (non-hydrogen) atoms. The molecular formula is C16H13NO4. The van der Waals surface area contributed by atoms with Crippen LogP contribution in [0.5, 0.6) is 5.75 Å². The molecule has 1 N–H and O–H groups in total. The van der Waals surface area contributed by atoms with Gasteiger partial charge in [-0.1, -0.05) is 0 Å². The minimum Gasteiger partial charge on any atom is -0.494 e. The number of hydrogen-bond donors (Lipinski definition) is 1. The van der Waals surface area contributed by atoms with Crippen LogP contribution in [-0.2, 0) is 0 Å². The lowest BCUT2D eigenvalue weighted by Crippen LogP contribution is -2.01. The smallest absolute Gasteiger partial charge is 0.336 e. The molecule has 2 aromatic heterocycles. The van der Waals surface area contributed by atoms with E-state index in [0.717, 1.165) is 0 Å². The number of nitrogens with zero attached hydrogens (tertiary/aromatic N) is 1. The number of carboxylic acids is 1. The highest BCUT2D eigenvalue weighted by Crippen LogP contribution is 2.28. The lowest BCUT2D eigenvalue weighted by Gasteiger charge is -2.08. The maximum absolute atomic E-state index is 11.5. The maximum atomic E-state index is 11.5. The number of carboxylic acid groups (broad SMARTS) is 1. The van der Waals surface area contributed by atoms with Crippen molar-refractivity contribution in [3.8, 4) is 17.2 Å². The number of carbonyl (C=O) groups is 1. The van der Waals surface area contributed by atoms with Crippen LogP contribution in [0.15, 0.2) is 47.1 Å². The number of aromatic carboxylic acids is 1. The van der Waals surface area contributed by atoms with Crippen LogP contribution < -0.4 is 4.74 Å². The van der Waals surface area contributed by atoms with Gasteiger partial charge in [-0.05, 0) is 43.3 Å². The van der Waals surface area contributed by atoms with Gasteiger partial charge in [-0.25, -0.2) is 9.78 Å². The Labute approximate surface area is 120 Å². The Morgan fingerprint density at radius 2 is 2.19 bits per heavy atom. The summed E-state index contributed by atoms with van der Waals surface area (Å²) < 4.78 is 10.7. The largest absolute Gasteiger partial charge is 0.494 e. The molecule has 106 valence electrons. The average Bonchev–Trinajstić information content (AvgIpc) is 3.00. The lowest BCUT2D eigenvalue weighted by atomic mass is 10.1. The molecule has 2 heterocycles. The maximum Gasteiger partial charge on any atom is 0.336 e. The fourth-order valence-electron chi connectivity index (χ4n) is 2.19. The number of benzene rings is 1. The zero-order valence-electron chi connectivity index (χ0n) is 11.4. The van der Waals surface area contributed by atoms with Crippen molar-refractivity contribution < 1.29 is 19.1 Å². The molecule has 0 saturated heterocycles. The van der Waals surface area contributed by atoms with Crippen molar-refractivity contribution >= 4 is 16.9 Å². The van der Waals surface area contributed by atoms with Crippen molar-refractivity contribution in [2.45, 2.75) is 6.92 Å². The van der Waals surface area contributed by atoms with E-state index in [-0.39, 0.29) is 5.56 Å². The normalized spacial score (nSPS) is 10.7. The summed E-state index contributed by atoms with van der Waals surface area (Å²) in [5, 5.41) is 9.97. The Bertz CT molecular complexity index is 793. The summed E-state index contributed by atoms with van der Waals surface area (Å²) in [4.78, 5) is 16.0. The summed E-state index contributed by atoms with van der Waals surface area (Å²) in [6.45, 7) is 2.40. The first kappa shape index (κ1) is 13.2. The van der Waals surface area contributed by atoms with E-state index in [2.05, 4.69) is 4.98 Å². The van der Waals surface area contributed by atoms with Gasteiger partial charge in [-0.15, -0.1) is 0 Å². The molecule has 0 atom stereocenters. The predicted molar refractivity (Wildman–Crippen MR) is 77.6 cm³/mol. The van der Waals surface area contributed by atoms with Crippen LogP contribution in [0, 0.1) is 0 Å². The van der Waals surface area contributed by atoms with Crippen molar-refractivity contribution in [2.24, 2.45) is 0 Å². The number of rotatable bonds is 4. The van der Waals surface area contributed by atoms with Gasteiger partial charge in [-0.3, -0.25) is 0 Å². The van der Waals surface area contributed by atoms with Crippen molar-refractivity contribution in [2.75, 3.05) is 6.61 Å². The first-order chi connectivity index (χ1) is 10.2. The number of furan rings is 1. The van der Waals surface area contributed by atoms with Crippen LogP contribution in [0.4, 0.5) is 0 Å². The summed E-state index contributed by atoms with van der Waals surface area (Å²) in [6.07, 6.45) is 1.53. The zero-order chi connectivity index (χ0) is 14.8.